The normalized spacial score (nSPS) is 29.2. The topological polar surface area (TPSA) is 24.9 Å². The zero-order valence-electron chi connectivity index (χ0n) is 11.2. The third-order valence-electron chi connectivity index (χ3n) is 4.16. The van der Waals surface area contributed by atoms with Crippen molar-refractivity contribution in [2.75, 3.05) is 0 Å². The number of aromatic nitrogens is 1. The van der Waals surface area contributed by atoms with E-state index < -0.39 is 0 Å². The van der Waals surface area contributed by atoms with Crippen LogP contribution >= 0.6 is 0 Å². The summed E-state index contributed by atoms with van der Waals surface area (Å²) in [4.78, 5) is 4.20. The monoisotopic (exact) mass is 232 g/mol. The van der Waals surface area contributed by atoms with Crippen LogP contribution in [0.3, 0.4) is 0 Å². The van der Waals surface area contributed by atoms with E-state index in [0.717, 1.165) is 18.4 Å². The molecule has 0 spiro atoms. The van der Waals surface area contributed by atoms with Gasteiger partial charge in [0.25, 0.3) is 0 Å². The minimum atomic E-state index is 0.679. The fraction of sp³-hybridized carbons (Fsp3) is 0.667. The molecule has 0 saturated heterocycles. The lowest BCUT2D eigenvalue weighted by atomic mass is 9.80. The maximum Gasteiger partial charge on any atom is 0.0315 e. The van der Waals surface area contributed by atoms with Crippen LogP contribution in [-0.4, -0.2) is 11.0 Å². The van der Waals surface area contributed by atoms with Crippen molar-refractivity contribution in [2.45, 2.75) is 52.6 Å². The summed E-state index contributed by atoms with van der Waals surface area (Å²) in [5.74, 6) is 1.68. The van der Waals surface area contributed by atoms with Crippen LogP contribution < -0.4 is 5.32 Å². The molecule has 1 N–H and O–H groups in total. The molecule has 1 aromatic heterocycles. The molecule has 1 fully saturated rings. The smallest absolute Gasteiger partial charge is 0.0315 e. The van der Waals surface area contributed by atoms with Gasteiger partial charge in [-0.05, 0) is 48.8 Å². The Labute approximate surface area is 105 Å². The zero-order valence-corrected chi connectivity index (χ0v) is 11.2. The van der Waals surface area contributed by atoms with Crippen molar-refractivity contribution in [2.24, 2.45) is 11.8 Å². The number of rotatable bonds is 3. The van der Waals surface area contributed by atoms with Gasteiger partial charge in [-0.15, -0.1) is 0 Å². The molecule has 0 radical (unpaired) electrons. The summed E-state index contributed by atoms with van der Waals surface area (Å²) in [6.07, 6.45) is 7.93. The molecule has 1 aliphatic rings. The van der Waals surface area contributed by atoms with Gasteiger partial charge in [0.05, 0.1) is 0 Å². The predicted octanol–water partition coefficient (Wildman–Crippen LogP) is 3.30. The molecular weight excluding hydrogens is 208 g/mol. The highest BCUT2D eigenvalue weighted by molar-refractivity contribution is 5.21. The second-order valence-corrected chi connectivity index (χ2v) is 5.69. The van der Waals surface area contributed by atoms with Crippen LogP contribution in [0.2, 0.25) is 0 Å². The molecule has 0 amide bonds. The van der Waals surface area contributed by atoms with Gasteiger partial charge < -0.3 is 5.32 Å². The summed E-state index contributed by atoms with van der Waals surface area (Å²) in [6, 6.07) is 2.77. The lowest BCUT2D eigenvalue weighted by Gasteiger charge is -2.33. The fourth-order valence-corrected chi connectivity index (χ4v) is 2.74. The predicted molar refractivity (Wildman–Crippen MR) is 71.8 cm³/mol. The molecule has 0 aromatic carbocycles. The van der Waals surface area contributed by atoms with Gasteiger partial charge in [0.1, 0.15) is 0 Å². The average molecular weight is 232 g/mol. The van der Waals surface area contributed by atoms with E-state index in [0.29, 0.717) is 6.04 Å². The molecule has 0 aliphatic heterocycles. The van der Waals surface area contributed by atoms with E-state index in [4.69, 9.17) is 0 Å². The number of hydrogen-bond donors (Lipinski definition) is 1. The quantitative estimate of drug-likeness (QED) is 0.865. The highest BCUT2D eigenvalue weighted by Crippen LogP contribution is 2.28. The molecule has 1 aromatic rings. The Balaban J connectivity index is 1.91. The Morgan fingerprint density at radius 2 is 2.18 bits per heavy atom. The summed E-state index contributed by atoms with van der Waals surface area (Å²) < 4.78 is 0. The minimum Gasteiger partial charge on any atom is -0.310 e. The summed E-state index contributed by atoms with van der Waals surface area (Å²) >= 11 is 0. The van der Waals surface area contributed by atoms with Crippen molar-refractivity contribution < 1.29 is 0 Å². The van der Waals surface area contributed by atoms with Gasteiger partial charge in [0.2, 0.25) is 0 Å². The Morgan fingerprint density at radius 1 is 1.35 bits per heavy atom. The Bertz CT molecular complexity index is 362. The molecule has 17 heavy (non-hydrogen) atoms. The molecule has 3 unspecified atom stereocenters. The molecule has 94 valence electrons. The average Bonchev–Trinajstić information content (AvgIpc) is 2.32. The van der Waals surface area contributed by atoms with Crippen LogP contribution in [-0.2, 0) is 6.54 Å². The fourth-order valence-electron chi connectivity index (χ4n) is 2.74. The summed E-state index contributed by atoms with van der Waals surface area (Å²) in [5, 5.41) is 3.72. The van der Waals surface area contributed by atoms with Crippen LogP contribution in [0.4, 0.5) is 0 Å². The maximum absolute atomic E-state index is 4.20. The van der Waals surface area contributed by atoms with E-state index in [2.05, 4.69) is 37.1 Å². The van der Waals surface area contributed by atoms with Gasteiger partial charge in [-0.3, -0.25) is 4.98 Å². The molecular formula is C15H24N2. The maximum atomic E-state index is 4.20. The SMILES string of the molecule is Cc1ccncc1CNC1CC(C)CCC1C. The summed E-state index contributed by atoms with van der Waals surface area (Å²) in [7, 11) is 0. The number of nitrogens with zero attached hydrogens (tertiary/aromatic N) is 1. The van der Waals surface area contributed by atoms with E-state index in [1.54, 1.807) is 0 Å². The molecule has 1 heterocycles. The van der Waals surface area contributed by atoms with Crippen molar-refractivity contribution in [3.63, 3.8) is 0 Å². The molecule has 2 nitrogen and oxygen atoms in total. The third-order valence-corrected chi connectivity index (χ3v) is 4.16. The van der Waals surface area contributed by atoms with Crippen molar-refractivity contribution >= 4 is 0 Å². The first-order valence-electron chi connectivity index (χ1n) is 6.79. The molecule has 2 rings (SSSR count). The Kier molecular flexibility index (Phi) is 4.16. The number of hydrogen-bond acceptors (Lipinski definition) is 2. The first kappa shape index (κ1) is 12.6. The van der Waals surface area contributed by atoms with E-state index in [-0.39, 0.29) is 0 Å². The standard InChI is InChI=1S/C15H24N2/c1-11-4-5-13(3)15(8-11)17-10-14-9-16-7-6-12(14)2/h6-7,9,11,13,15,17H,4-5,8,10H2,1-3H3. The molecule has 1 saturated carbocycles. The molecule has 2 heteroatoms. The van der Waals surface area contributed by atoms with E-state index in [1.807, 2.05) is 12.4 Å². The van der Waals surface area contributed by atoms with Crippen LogP contribution in [0, 0.1) is 18.8 Å². The van der Waals surface area contributed by atoms with Gasteiger partial charge in [0.15, 0.2) is 0 Å². The van der Waals surface area contributed by atoms with Gasteiger partial charge in [0, 0.05) is 25.0 Å². The Hall–Kier alpha value is -0.890. The van der Waals surface area contributed by atoms with Crippen LogP contribution in [0.15, 0.2) is 18.5 Å². The van der Waals surface area contributed by atoms with Gasteiger partial charge in [-0.2, -0.15) is 0 Å². The van der Waals surface area contributed by atoms with Gasteiger partial charge in [-0.25, -0.2) is 0 Å². The van der Waals surface area contributed by atoms with Crippen molar-refractivity contribution in [1.82, 2.24) is 10.3 Å². The number of nitrogens with one attached hydrogen (secondary N) is 1. The van der Waals surface area contributed by atoms with E-state index in [1.165, 1.54) is 30.4 Å². The van der Waals surface area contributed by atoms with E-state index >= 15 is 0 Å². The number of aryl methyl sites for hydroxylation is 1. The van der Waals surface area contributed by atoms with Gasteiger partial charge >= 0.3 is 0 Å². The lowest BCUT2D eigenvalue weighted by molar-refractivity contribution is 0.227. The second kappa shape index (κ2) is 5.63. The minimum absolute atomic E-state index is 0.679. The number of pyridine rings is 1. The lowest BCUT2D eigenvalue weighted by Crippen LogP contribution is -2.39. The third kappa shape index (κ3) is 3.29. The molecule has 0 bridgehead atoms. The second-order valence-electron chi connectivity index (χ2n) is 5.69. The van der Waals surface area contributed by atoms with Crippen LogP contribution in [0.25, 0.3) is 0 Å². The van der Waals surface area contributed by atoms with Gasteiger partial charge in [-0.1, -0.05) is 20.3 Å². The van der Waals surface area contributed by atoms with Crippen molar-refractivity contribution in [3.05, 3.63) is 29.6 Å². The molecule has 1 aliphatic carbocycles. The van der Waals surface area contributed by atoms with Crippen LogP contribution in [0.5, 0.6) is 0 Å². The largest absolute Gasteiger partial charge is 0.310 e. The summed E-state index contributed by atoms with van der Waals surface area (Å²) in [6.45, 7) is 7.86. The zero-order chi connectivity index (χ0) is 12.3. The van der Waals surface area contributed by atoms with E-state index in [9.17, 15) is 0 Å². The van der Waals surface area contributed by atoms with Crippen LogP contribution in [0.1, 0.15) is 44.2 Å². The summed E-state index contributed by atoms with van der Waals surface area (Å²) in [5.41, 5.74) is 2.67. The van der Waals surface area contributed by atoms with Crippen molar-refractivity contribution in [3.8, 4) is 0 Å². The molecule has 3 atom stereocenters. The highest BCUT2D eigenvalue weighted by atomic mass is 14.9. The first-order valence-corrected chi connectivity index (χ1v) is 6.79. The first-order chi connectivity index (χ1) is 8.16. The Morgan fingerprint density at radius 3 is 2.94 bits per heavy atom. The van der Waals surface area contributed by atoms with Crippen molar-refractivity contribution in [1.29, 1.82) is 0 Å². The highest BCUT2D eigenvalue weighted by Gasteiger charge is 2.24.